The topological polar surface area (TPSA) is 82.4 Å². The van der Waals surface area contributed by atoms with Gasteiger partial charge in [0.2, 0.25) is 0 Å². The first kappa shape index (κ1) is 15.3. The van der Waals surface area contributed by atoms with Gasteiger partial charge in [0.25, 0.3) is 11.8 Å². The van der Waals surface area contributed by atoms with Crippen LogP contribution in [0.2, 0.25) is 0 Å². The zero-order chi connectivity index (χ0) is 16.6. The van der Waals surface area contributed by atoms with Gasteiger partial charge in [-0.25, -0.2) is 0 Å². The summed E-state index contributed by atoms with van der Waals surface area (Å²) in [6.45, 7) is 7.05. The minimum atomic E-state index is -0.131. The van der Waals surface area contributed by atoms with E-state index in [0.29, 0.717) is 36.8 Å². The van der Waals surface area contributed by atoms with E-state index >= 15 is 0 Å². The highest BCUT2D eigenvalue weighted by atomic mass is 16.3. The van der Waals surface area contributed by atoms with Gasteiger partial charge in [-0.1, -0.05) is 0 Å². The summed E-state index contributed by atoms with van der Waals surface area (Å²) in [7, 11) is 0. The summed E-state index contributed by atoms with van der Waals surface area (Å²) in [6, 6.07) is 5.12. The summed E-state index contributed by atoms with van der Waals surface area (Å²) in [5.41, 5.74) is 1.26. The smallest absolute Gasteiger partial charge is 0.289 e. The lowest BCUT2D eigenvalue weighted by molar-refractivity contribution is 0.0392. The van der Waals surface area contributed by atoms with Gasteiger partial charge in [0.05, 0.1) is 0 Å². The molecular formula is C16H20N4O3. The van der Waals surface area contributed by atoms with Crippen molar-refractivity contribution >= 4 is 11.8 Å². The Hall–Kier alpha value is -2.57. The number of hydrogen-bond acceptors (Lipinski definition) is 4. The van der Waals surface area contributed by atoms with Gasteiger partial charge >= 0.3 is 0 Å². The Labute approximate surface area is 134 Å². The third-order valence-corrected chi connectivity index (χ3v) is 4.05. The highest BCUT2D eigenvalue weighted by molar-refractivity contribution is 5.94. The van der Waals surface area contributed by atoms with Crippen LogP contribution in [0.3, 0.4) is 0 Å². The summed E-state index contributed by atoms with van der Waals surface area (Å²) in [4.78, 5) is 28.4. The Balaban J connectivity index is 1.67. The highest BCUT2D eigenvalue weighted by Gasteiger charge is 2.32. The Morgan fingerprint density at radius 3 is 2.61 bits per heavy atom. The van der Waals surface area contributed by atoms with E-state index in [1.165, 1.54) is 0 Å². The minimum absolute atomic E-state index is 0.0781. The molecule has 3 rings (SSSR count). The zero-order valence-corrected chi connectivity index (χ0v) is 13.5. The number of aromatic nitrogens is 2. The van der Waals surface area contributed by atoms with E-state index in [-0.39, 0.29) is 17.9 Å². The molecule has 7 heteroatoms. The second kappa shape index (κ2) is 5.91. The van der Waals surface area contributed by atoms with E-state index < -0.39 is 0 Å². The van der Waals surface area contributed by atoms with Gasteiger partial charge < -0.3 is 14.2 Å². The average molecular weight is 316 g/mol. The van der Waals surface area contributed by atoms with Crippen LogP contribution in [0.25, 0.3) is 0 Å². The van der Waals surface area contributed by atoms with E-state index in [4.69, 9.17) is 4.42 Å². The van der Waals surface area contributed by atoms with Crippen LogP contribution in [0, 0.1) is 13.8 Å². The number of piperazine rings is 1. The summed E-state index contributed by atoms with van der Waals surface area (Å²) in [6.07, 6.45) is 0. The Morgan fingerprint density at radius 2 is 2.04 bits per heavy atom. The van der Waals surface area contributed by atoms with Gasteiger partial charge in [-0.15, -0.1) is 0 Å². The Bertz CT molecular complexity index is 733. The number of hydrogen-bond donors (Lipinski definition) is 1. The van der Waals surface area contributed by atoms with Gasteiger partial charge in [-0.05, 0) is 39.0 Å². The van der Waals surface area contributed by atoms with Crippen LogP contribution in [0.15, 0.2) is 22.6 Å². The van der Waals surface area contributed by atoms with Crippen molar-refractivity contribution in [2.45, 2.75) is 26.8 Å². The molecule has 1 aliphatic heterocycles. The first-order valence-electron chi connectivity index (χ1n) is 7.64. The van der Waals surface area contributed by atoms with Crippen molar-refractivity contribution in [1.82, 2.24) is 20.0 Å². The number of furan rings is 1. The monoisotopic (exact) mass is 316 g/mol. The number of aromatic amines is 1. The first-order chi connectivity index (χ1) is 11.0. The molecule has 3 heterocycles. The van der Waals surface area contributed by atoms with Crippen molar-refractivity contribution in [2.75, 3.05) is 19.6 Å². The van der Waals surface area contributed by atoms with Crippen molar-refractivity contribution in [3.05, 3.63) is 41.1 Å². The number of nitrogens with zero attached hydrogens (tertiary/aromatic N) is 3. The lowest BCUT2D eigenvalue weighted by Gasteiger charge is -2.39. The summed E-state index contributed by atoms with van der Waals surface area (Å²) < 4.78 is 5.41. The molecular weight excluding hydrogens is 296 g/mol. The highest BCUT2D eigenvalue weighted by Crippen LogP contribution is 2.17. The maximum absolute atomic E-state index is 12.5. The largest absolute Gasteiger partial charge is 0.456 e. The number of nitrogens with one attached hydrogen (secondary N) is 1. The molecule has 1 atom stereocenters. The number of carbonyl (C=O) groups excluding carboxylic acids is 2. The molecule has 2 amide bonds. The quantitative estimate of drug-likeness (QED) is 0.912. The molecule has 2 aromatic rings. The molecule has 0 unspecified atom stereocenters. The number of H-pyrrole nitrogens is 1. The first-order valence-corrected chi connectivity index (χ1v) is 7.64. The van der Waals surface area contributed by atoms with E-state index in [9.17, 15) is 9.59 Å². The molecule has 0 aliphatic carbocycles. The van der Waals surface area contributed by atoms with Crippen molar-refractivity contribution in [1.29, 1.82) is 0 Å². The SMILES string of the molecule is Cc1cc(C(=O)N2CCN(C(=O)c3ccc(C)o3)[C@H](C)C2)n[nH]1. The van der Waals surface area contributed by atoms with Crippen LogP contribution >= 0.6 is 0 Å². The number of carbonyl (C=O) groups is 2. The molecule has 0 radical (unpaired) electrons. The van der Waals surface area contributed by atoms with Crippen LogP contribution in [0.4, 0.5) is 0 Å². The molecule has 1 saturated heterocycles. The molecule has 122 valence electrons. The van der Waals surface area contributed by atoms with Gasteiger partial charge in [0.1, 0.15) is 11.5 Å². The third-order valence-electron chi connectivity index (χ3n) is 4.05. The fourth-order valence-corrected chi connectivity index (χ4v) is 2.82. The second-order valence-corrected chi connectivity index (χ2v) is 5.95. The van der Waals surface area contributed by atoms with Gasteiger partial charge in [0.15, 0.2) is 5.76 Å². The molecule has 1 N–H and O–H groups in total. The van der Waals surface area contributed by atoms with E-state index in [1.54, 1.807) is 28.0 Å². The summed E-state index contributed by atoms with van der Waals surface area (Å²) in [5, 5.41) is 6.78. The maximum atomic E-state index is 12.5. The average Bonchev–Trinajstić information content (AvgIpc) is 3.14. The molecule has 0 saturated carbocycles. The van der Waals surface area contributed by atoms with Crippen molar-refractivity contribution < 1.29 is 14.0 Å². The van der Waals surface area contributed by atoms with Crippen LogP contribution in [0.1, 0.15) is 39.4 Å². The Kier molecular flexibility index (Phi) is 3.94. The predicted octanol–water partition coefficient (Wildman–Crippen LogP) is 1.61. The standard InChI is InChI=1S/C16H20N4O3/c1-10-8-13(18-17-10)15(21)19-6-7-20(11(2)9-19)16(22)14-5-4-12(3)23-14/h4-5,8,11H,6-7,9H2,1-3H3,(H,17,18)/t11-/m1/s1. The molecule has 23 heavy (non-hydrogen) atoms. The molecule has 1 fully saturated rings. The van der Waals surface area contributed by atoms with Crippen molar-refractivity contribution in [3.63, 3.8) is 0 Å². The van der Waals surface area contributed by atoms with Crippen LogP contribution in [0.5, 0.6) is 0 Å². The zero-order valence-electron chi connectivity index (χ0n) is 13.5. The predicted molar refractivity (Wildman–Crippen MR) is 83.2 cm³/mol. The van der Waals surface area contributed by atoms with Gasteiger partial charge in [-0.2, -0.15) is 5.10 Å². The Morgan fingerprint density at radius 1 is 1.26 bits per heavy atom. The molecule has 0 bridgehead atoms. The fraction of sp³-hybridized carbons (Fsp3) is 0.438. The van der Waals surface area contributed by atoms with E-state index in [0.717, 1.165) is 5.69 Å². The van der Waals surface area contributed by atoms with Gasteiger partial charge in [0, 0.05) is 31.4 Å². The summed E-state index contributed by atoms with van der Waals surface area (Å²) >= 11 is 0. The third kappa shape index (κ3) is 2.99. The number of aryl methyl sites for hydroxylation is 2. The maximum Gasteiger partial charge on any atom is 0.289 e. The minimum Gasteiger partial charge on any atom is -0.456 e. The molecule has 0 spiro atoms. The van der Waals surface area contributed by atoms with Crippen LogP contribution in [-0.2, 0) is 0 Å². The molecule has 7 nitrogen and oxygen atoms in total. The number of amides is 2. The van der Waals surface area contributed by atoms with E-state index in [1.807, 2.05) is 20.8 Å². The fourth-order valence-electron chi connectivity index (χ4n) is 2.82. The molecule has 2 aromatic heterocycles. The van der Waals surface area contributed by atoms with Crippen LogP contribution in [-0.4, -0.2) is 57.5 Å². The normalized spacial score (nSPS) is 18.3. The molecule has 1 aliphatic rings. The van der Waals surface area contributed by atoms with Crippen molar-refractivity contribution in [3.8, 4) is 0 Å². The second-order valence-electron chi connectivity index (χ2n) is 5.95. The van der Waals surface area contributed by atoms with Crippen LogP contribution < -0.4 is 0 Å². The molecule has 0 aromatic carbocycles. The number of rotatable bonds is 2. The van der Waals surface area contributed by atoms with E-state index in [2.05, 4.69) is 10.2 Å². The lowest BCUT2D eigenvalue weighted by atomic mass is 10.1. The van der Waals surface area contributed by atoms with Crippen molar-refractivity contribution in [2.24, 2.45) is 0 Å². The summed E-state index contributed by atoms with van der Waals surface area (Å²) in [5.74, 6) is 0.816. The van der Waals surface area contributed by atoms with Gasteiger partial charge in [-0.3, -0.25) is 14.7 Å². The lowest BCUT2D eigenvalue weighted by Crippen LogP contribution is -2.55.